The van der Waals surface area contributed by atoms with Crippen molar-refractivity contribution in [3.05, 3.63) is 0 Å². The highest BCUT2D eigenvalue weighted by Gasteiger charge is 2.68. The lowest BCUT2D eigenvalue weighted by Crippen LogP contribution is -2.37. The molecule has 1 aliphatic carbocycles. The summed E-state index contributed by atoms with van der Waals surface area (Å²) in [6.45, 7) is 11.0. The summed E-state index contributed by atoms with van der Waals surface area (Å²) in [6.07, 6.45) is 0. The Morgan fingerprint density at radius 3 is 2.19 bits per heavy atom. The van der Waals surface area contributed by atoms with Gasteiger partial charge in [0.05, 0.1) is 12.6 Å². The lowest BCUT2D eigenvalue weighted by atomic mass is 10.0. The SMILES string of the molecule is C=O.CC.COCC1NC(=O)C2C1C2(C)C. The Kier molecular flexibility index (Phi) is 5.65. The third-order valence-corrected chi connectivity index (χ3v) is 3.30. The highest BCUT2D eigenvalue weighted by molar-refractivity contribution is 5.86. The Morgan fingerprint density at radius 1 is 1.38 bits per heavy atom. The van der Waals surface area contributed by atoms with Gasteiger partial charge in [-0.3, -0.25) is 4.79 Å². The molecule has 94 valence electrons. The zero-order valence-electron chi connectivity index (χ0n) is 10.9. The third kappa shape index (κ3) is 2.43. The molecule has 1 aliphatic heterocycles. The van der Waals surface area contributed by atoms with Crippen LogP contribution in [0.15, 0.2) is 0 Å². The Bertz CT molecular complexity index is 240. The Morgan fingerprint density at radius 2 is 1.88 bits per heavy atom. The van der Waals surface area contributed by atoms with E-state index in [1.807, 2.05) is 20.6 Å². The molecule has 16 heavy (non-hydrogen) atoms. The molecule has 1 amide bonds. The van der Waals surface area contributed by atoms with Gasteiger partial charge in [0, 0.05) is 13.0 Å². The van der Waals surface area contributed by atoms with Crippen LogP contribution < -0.4 is 5.32 Å². The third-order valence-electron chi connectivity index (χ3n) is 3.30. The van der Waals surface area contributed by atoms with Gasteiger partial charge < -0.3 is 14.8 Å². The minimum absolute atomic E-state index is 0.214. The molecule has 0 aromatic carbocycles. The Labute approximate surface area is 97.7 Å². The average Bonchev–Trinajstić information content (AvgIpc) is 2.67. The van der Waals surface area contributed by atoms with Crippen LogP contribution in [0, 0.1) is 17.3 Å². The minimum atomic E-state index is 0.214. The van der Waals surface area contributed by atoms with Gasteiger partial charge >= 0.3 is 0 Å². The fourth-order valence-electron chi connectivity index (χ4n) is 2.62. The number of hydrogen-bond acceptors (Lipinski definition) is 3. The van der Waals surface area contributed by atoms with Gasteiger partial charge in [0.1, 0.15) is 6.79 Å². The van der Waals surface area contributed by atoms with E-state index in [0.717, 1.165) is 0 Å². The predicted molar refractivity (Wildman–Crippen MR) is 63.0 cm³/mol. The highest BCUT2D eigenvalue weighted by atomic mass is 16.5. The number of hydrogen-bond donors (Lipinski definition) is 1. The quantitative estimate of drug-likeness (QED) is 0.775. The lowest BCUT2D eigenvalue weighted by Gasteiger charge is -2.17. The van der Waals surface area contributed by atoms with Gasteiger partial charge in [0.25, 0.3) is 0 Å². The molecule has 1 N–H and O–H groups in total. The van der Waals surface area contributed by atoms with Gasteiger partial charge in [-0.25, -0.2) is 0 Å². The van der Waals surface area contributed by atoms with Crippen LogP contribution in [-0.2, 0) is 14.3 Å². The van der Waals surface area contributed by atoms with Crippen molar-refractivity contribution in [2.24, 2.45) is 17.3 Å². The summed E-state index contributed by atoms with van der Waals surface area (Å²) >= 11 is 0. The number of rotatable bonds is 2. The number of methoxy groups -OCH3 is 1. The number of amides is 1. The summed E-state index contributed by atoms with van der Waals surface area (Å²) in [4.78, 5) is 19.3. The van der Waals surface area contributed by atoms with Crippen molar-refractivity contribution < 1.29 is 14.3 Å². The monoisotopic (exact) mass is 229 g/mol. The number of nitrogens with one attached hydrogen (secondary N) is 1. The smallest absolute Gasteiger partial charge is 0.224 e. The van der Waals surface area contributed by atoms with Gasteiger partial charge in [-0.05, 0) is 11.3 Å². The number of ether oxygens (including phenoxy) is 1. The van der Waals surface area contributed by atoms with Crippen molar-refractivity contribution in [1.82, 2.24) is 5.32 Å². The first kappa shape index (κ1) is 15.1. The lowest BCUT2D eigenvalue weighted by molar-refractivity contribution is -0.122. The zero-order valence-corrected chi connectivity index (χ0v) is 10.9. The molecule has 1 heterocycles. The van der Waals surface area contributed by atoms with Crippen LogP contribution in [0.1, 0.15) is 27.7 Å². The van der Waals surface area contributed by atoms with Gasteiger partial charge in [-0.1, -0.05) is 27.7 Å². The standard InChI is InChI=1S/C9H15NO2.C2H6.CH2O/c1-9(2)6-5(4-12-3)10-8(11)7(6)9;2*1-2/h5-7H,4H2,1-3H3,(H,10,11);1-2H3;1H2. The molecule has 0 aromatic rings. The Hall–Kier alpha value is -0.900. The van der Waals surface area contributed by atoms with E-state index in [1.165, 1.54) is 0 Å². The van der Waals surface area contributed by atoms with E-state index in [9.17, 15) is 4.79 Å². The maximum absolute atomic E-state index is 11.3. The molecule has 0 aromatic heterocycles. The van der Waals surface area contributed by atoms with E-state index >= 15 is 0 Å². The summed E-state index contributed by atoms with van der Waals surface area (Å²) in [5.41, 5.74) is 0.214. The molecule has 0 spiro atoms. The van der Waals surface area contributed by atoms with E-state index in [2.05, 4.69) is 19.2 Å². The molecule has 2 rings (SSSR count). The molecule has 1 saturated heterocycles. The highest BCUT2D eigenvalue weighted by Crippen LogP contribution is 2.62. The van der Waals surface area contributed by atoms with E-state index in [0.29, 0.717) is 12.5 Å². The number of fused-ring (bicyclic) bond motifs is 1. The minimum Gasteiger partial charge on any atom is -0.383 e. The predicted octanol–water partition coefficient (Wildman–Crippen LogP) is 1.24. The summed E-state index contributed by atoms with van der Waals surface area (Å²) < 4.78 is 5.05. The van der Waals surface area contributed by atoms with Crippen LogP contribution in [0.25, 0.3) is 0 Å². The molecular formula is C12H23NO3. The zero-order chi connectivity index (χ0) is 12.9. The second kappa shape index (κ2) is 5.99. The van der Waals surface area contributed by atoms with E-state index in [-0.39, 0.29) is 23.3 Å². The van der Waals surface area contributed by atoms with Crippen molar-refractivity contribution >= 4 is 12.7 Å². The van der Waals surface area contributed by atoms with Crippen molar-refractivity contribution in [2.45, 2.75) is 33.7 Å². The first-order valence-corrected chi connectivity index (χ1v) is 5.67. The van der Waals surface area contributed by atoms with E-state index < -0.39 is 0 Å². The van der Waals surface area contributed by atoms with Gasteiger partial charge in [-0.15, -0.1) is 0 Å². The first-order valence-electron chi connectivity index (χ1n) is 5.67. The summed E-state index contributed by atoms with van der Waals surface area (Å²) in [7, 11) is 1.68. The molecule has 0 bridgehead atoms. The van der Waals surface area contributed by atoms with E-state index in [1.54, 1.807) is 7.11 Å². The Balaban J connectivity index is 0.000000509. The van der Waals surface area contributed by atoms with Crippen molar-refractivity contribution in [1.29, 1.82) is 0 Å². The molecule has 2 fully saturated rings. The van der Waals surface area contributed by atoms with Gasteiger partial charge in [0.15, 0.2) is 0 Å². The van der Waals surface area contributed by atoms with Crippen LogP contribution in [0.2, 0.25) is 0 Å². The van der Waals surface area contributed by atoms with E-state index in [4.69, 9.17) is 9.53 Å². The summed E-state index contributed by atoms with van der Waals surface area (Å²) in [6, 6.07) is 0.252. The normalized spacial score (nSPS) is 32.3. The second-order valence-corrected chi connectivity index (χ2v) is 4.40. The molecule has 4 nitrogen and oxygen atoms in total. The fourth-order valence-corrected chi connectivity index (χ4v) is 2.62. The van der Waals surface area contributed by atoms with Gasteiger partial charge in [-0.2, -0.15) is 0 Å². The summed E-state index contributed by atoms with van der Waals surface area (Å²) in [5, 5.41) is 2.95. The maximum Gasteiger partial charge on any atom is 0.224 e. The molecule has 1 saturated carbocycles. The largest absolute Gasteiger partial charge is 0.383 e. The molecule has 0 radical (unpaired) electrons. The summed E-state index contributed by atoms with van der Waals surface area (Å²) in [5.74, 6) is 0.967. The van der Waals surface area contributed by atoms with Crippen molar-refractivity contribution in [3.63, 3.8) is 0 Å². The van der Waals surface area contributed by atoms with Crippen molar-refractivity contribution in [2.75, 3.05) is 13.7 Å². The van der Waals surface area contributed by atoms with Crippen LogP contribution in [0.4, 0.5) is 0 Å². The van der Waals surface area contributed by atoms with Crippen molar-refractivity contribution in [3.8, 4) is 0 Å². The maximum atomic E-state index is 11.3. The fraction of sp³-hybridized carbons (Fsp3) is 0.833. The molecule has 4 heteroatoms. The average molecular weight is 229 g/mol. The topological polar surface area (TPSA) is 55.4 Å². The molecule has 2 aliphatic rings. The molecular weight excluding hydrogens is 206 g/mol. The van der Waals surface area contributed by atoms with Crippen LogP contribution >= 0.6 is 0 Å². The first-order chi connectivity index (χ1) is 7.59. The number of carbonyl (C=O) groups excluding carboxylic acids is 2. The van der Waals surface area contributed by atoms with Crippen LogP contribution in [-0.4, -0.2) is 32.5 Å². The van der Waals surface area contributed by atoms with Crippen LogP contribution in [0.3, 0.4) is 0 Å². The van der Waals surface area contributed by atoms with Crippen LogP contribution in [0.5, 0.6) is 0 Å². The second-order valence-electron chi connectivity index (χ2n) is 4.40. The van der Waals surface area contributed by atoms with Gasteiger partial charge in [0.2, 0.25) is 5.91 Å². The number of piperidine rings is 1. The number of carbonyl (C=O) groups is 2. The molecule has 3 atom stereocenters. The molecule has 3 unspecified atom stereocenters.